The zero-order valence-electron chi connectivity index (χ0n) is 14.4. The molecule has 0 fully saturated rings. The molecule has 0 aliphatic carbocycles. The van der Waals surface area contributed by atoms with Gasteiger partial charge in [-0.15, -0.1) is 12.4 Å². The molecule has 0 spiro atoms. The Bertz CT molecular complexity index is 728. The van der Waals surface area contributed by atoms with E-state index < -0.39 is 25.3 Å². The highest BCUT2D eigenvalue weighted by Gasteiger charge is 2.55. The van der Waals surface area contributed by atoms with Gasteiger partial charge in [-0.25, -0.2) is 9.88 Å². The lowest BCUT2D eigenvalue weighted by molar-refractivity contribution is -0.146. The first kappa shape index (κ1) is 23.0. The standard InChI is InChI=1S/C17H20NO7P.ClH/c1-2-15(16(19)20)18-17(26(21,22)23,24-13-9-5-3-6-10-13)25-14-11-7-4-8-12-14;/h3-12,15,18H,2H2,1H3,(H,19,20)(H2,21,22,23);1H. The third-order valence-electron chi connectivity index (χ3n) is 3.45. The van der Waals surface area contributed by atoms with Crippen molar-refractivity contribution in [2.24, 2.45) is 0 Å². The van der Waals surface area contributed by atoms with Gasteiger partial charge in [0.1, 0.15) is 17.5 Å². The quantitative estimate of drug-likeness (QED) is 0.362. The summed E-state index contributed by atoms with van der Waals surface area (Å²) >= 11 is 0. The van der Waals surface area contributed by atoms with E-state index in [-0.39, 0.29) is 30.3 Å². The van der Waals surface area contributed by atoms with Crippen molar-refractivity contribution in [3.8, 4) is 11.5 Å². The van der Waals surface area contributed by atoms with Gasteiger partial charge in [0.05, 0.1) is 0 Å². The maximum Gasteiger partial charge on any atom is 0.428 e. The molecule has 0 radical (unpaired) electrons. The predicted octanol–water partition coefficient (Wildman–Crippen LogP) is 2.81. The van der Waals surface area contributed by atoms with Gasteiger partial charge in [-0.2, -0.15) is 0 Å². The summed E-state index contributed by atoms with van der Waals surface area (Å²) in [4.78, 5) is 31.4. The van der Waals surface area contributed by atoms with Gasteiger partial charge in [-0.3, -0.25) is 4.79 Å². The predicted molar refractivity (Wildman–Crippen MR) is 101 cm³/mol. The van der Waals surface area contributed by atoms with Crippen molar-refractivity contribution in [1.29, 1.82) is 0 Å². The molecular weight excluding hydrogens is 397 g/mol. The van der Waals surface area contributed by atoms with E-state index in [1.54, 1.807) is 43.3 Å². The first-order valence-corrected chi connectivity index (χ1v) is 9.43. The summed E-state index contributed by atoms with van der Waals surface area (Å²) in [6, 6.07) is 14.4. The second-order valence-electron chi connectivity index (χ2n) is 5.40. The summed E-state index contributed by atoms with van der Waals surface area (Å²) in [5.41, 5.74) is -2.71. The molecule has 0 amide bonds. The number of para-hydroxylation sites is 2. The van der Waals surface area contributed by atoms with Crippen molar-refractivity contribution < 1.29 is 33.7 Å². The van der Waals surface area contributed by atoms with E-state index in [0.29, 0.717) is 0 Å². The van der Waals surface area contributed by atoms with Crippen molar-refractivity contribution in [1.82, 2.24) is 5.32 Å². The molecule has 8 nitrogen and oxygen atoms in total. The van der Waals surface area contributed by atoms with Crippen LogP contribution < -0.4 is 14.8 Å². The lowest BCUT2D eigenvalue weighted by Gasteiger charge is -2.36. The minimum atomic E-state index is -5.16. The Morgan fingerprint density at radius 2 is 1.44 bits per heavy atom. The molecule has 0 aliphatic rings. The summed E-state index contributed by atoms with van der Waals surface area (Å²) in [5, 5.41) is 11.7. The molecule has 1 atom stereocenters. The molecule has 0 bridgehead atoms. The van der Waals surface area contributed by atoms with Crippen molar-refractivity contribution in [2.45, 2.75) is 25.0 Å². The maximum absolute atomic E-state index is 12.3. The number of hydrogen-bond acceptors (Lipinski definition) is 5. The van der Waals surface area contributed by atoms with E-state index in [4.69, 9.17) is 9.47 Å². The lowest BCUT2D eigenvalue weighted by Crippen LogP contribution is -2.60. The fourth-order valence-electron chi connectivity index (χ4n) is 2.14. The van der Waals surface area contributed by atoms with E-state index in [1.165, 1.54) is 24.3 Å². The molecule has 2 aromatic rings. The van der Waals surface area contributed by atoms with Gasteiger partial charge in [0, 0.05) is 0 Å². The molecule has 0 aromatic heterocycles. The van der Waals surface area contributed by atoms with Crippen LogP contribution in [0.25, 0.3) is 0 Å². The number of carbonyl (C=O) groups is 1. The van der Waals surface area contributed by atoms with Gasteiger partial charge in [-0.05, 0) is 30.7 Å². The maximum atomic E-state index is 12.3. The van der Waals surface area contributed by atoms with Crippen LogP contribution in [0.2, 0.25) is 0 Å². The van der Waals surface area contributed by atoms with Gasteiger partial charge < -0.3 is 24.4 Å². The highest BCUT2D eigenvalue weighted by molar-refractivity contribution is 7.53. The van der Waals surface area contributed by atoms with Crippen LogP contribution >= 0.6 is 20.0 Å². The van der Waals surface area contributed by atoms with Crippen molar-refractivity contribution >= 4 is 26.0 Å². The number of aliphatic carboxylic acids is 1. The fourth-order valence-corrected chi connectivity index (χ4v) is 2.91. The fraction of sp³-hybridized carbons (Fsp3) is 0.235. The van der Waals surface area contributed by atoms with Gasteiger partial charge in [-0.1, -0.05) is 43.3 Å². The SMILES string of the molecule is CCC(NC(Oc1ccccc1)(Oc1ccccc1)P(=O)(O)O)C(=O)O.Cl. The molecule has 0 aliphatic heterocycles. The third-order valence-corrected chi connectivity index (χ3v) is 4.52. The van der Waals surface area contributed by atoms with Crippen molar-refractivity contribution in [3.05, 3.63) is 60.7 Å². The summed E-state index contributed by atoms with van der Waals surface area (Å²) in [6.07, 6.45) is 0.0490. The largest absolute Gasteiger partial charge is 0.480 e. The van der Waals surface area contributed by atoms with E-state index >= 15 is 0 Å². The Morgan fingerprint density at radius 1 is 1.04 bits per heavy atom. The van der Waals surface area contributed by atoms with E-state index in [2.05, 4.69) is 5.32 Å². The zero-order chi connectivity index (χ0) is 19.2. The second-order valence-corrected chi connectivity index (χ2v) is 7.08. The Hall–Kier alpha value is -2.09. The zero-order valence-corrected chi connectivity index (χ0v) is 16.1. The summed E-state index contributed by atoms with van der Waals surface area (Å²) < 4.78 is 23.3. The number of benzene rings is 2. The van der Waals surface area contributed by atoms with Crippen LogP contribution in [0.1, 0.15) is 13.3 Å². The Balaban J connectivity index is 0.00000364. The smallest absolute Gasteiger partial charge is 0.428 e. The number of carboxylic acid groups (broad SMARTS) is 1. The molecule has 0 saturated heterocycles. The lowest BCUT2D eigenvalue weighted by atomic mass is 10.2. The Labute approximate surface area is 162 Å². The van der Waals surface area contributed by atoms with Crippen LogP contribution in [0.4, 0.5) is 0 Å². The third kappa shape index (κ3) is 5.95. The second kappa shape index (κ2) is 9.73. The number of rotatable bonds is 9. The van der Waals surface area contributed by atoms with Crippen LogP contribution in [0, 0.1) is 0 Å². The van der Waals surface area contributed by atoms with Crippen LogP contribution in [-0.2, 0) is 9.36 Å². The van der Waals surface area contributed by atoms with Crippen LogP contribution in [0.5, 0.6) is 11.5 Å². The van der Waals surface area contributed by atoms with Crippen LogP contribution in [0.15, 0.2) is 60.7 Å². The number of nitrogens with one attached hydrogen (secondary N) is 1. The molecule has 4 N–H and O–H groups in total. The van der Waals surface area contributed by atoms with Crippen molar-refractivity contribution in [2.75, 3.05) is 0 Å². The molecule has 0 heterocycles. The first-order valence-electron chi connectivity index (χ1n) is 7.81. The number of carboxylic acids is 1. The number of ether oxygens (including phenoxy) is 2. The number of halogens is 1. The molecule has 2 aromatic carbocycles. The molecule has 148 valence electrons. The minimum absolute atomic E-state index is 0. The first-order chi connectivity index (χ1) is 12.3. The highest BCUT2D eigenvalue weighted by atomic mass is 35.5. The van der Waals surface area contributed by atoms with Gasteiger partial charge in [0.15, 0.2) is 0 Å². The van der Waals surface area contributed by atoms with Crippen molar-refractivity contribution in [3.63, 3.8) is 0 Å². The van der Waals surface area contributed by atoms with Crippen LogP contribution in [-0.4, -0.2) is 32.6 Å². The summed E-state index contributed by atoms with van der Waals surface area (Å²) in [5.74, 6) is -1.10. The molecule has 1 unspecified atom stereocenters. The summed E-state index contributed by atoms with van der Waals surface area (Å²) in [7, 11) is -5.16. The average Bonchev–Trinajstić information content (AvgIpc) is 2.60. The molecule has 2 rings (SSSR count). The molecule has 0 saturated carbocycles. The van der Waals surface area contributed by atoms with E-state index in [0.717, 1.165) is 0 Å². The molecular formula is C17H21ClNO7P. The van der Waals surface area contributed by atoms with E-state index in [1.807, 2.05) is 0 Å². The summed E-state index contributed by atoms with van der Waals surface area (Å²) in [6.45, 7) is 1.56. The van der Waals surface area contributed by atoms with Gasteiger partial charge >= 0.3 is 19.2 Å². The topological polar surface area (TPSA) is 125 Å². The van der Waals surface area contributed by atoms with E-state index in [9.17, 15) is 24.3 Å². The normalized spacial score (nSPS) is 12.6. The highest BCUT2D eigenvalue weighted by Crippen LogP contribution is 2.50. The molecule has 27 heavy (non-hydrogen) atoms. The van der Waals surface area contributed by atoms with Gasteiger partial charge in [0.2, 0.25) is 0 Å². The average molecular weight is 418 g/mol. The number of hydrogen-bond donors (Lipinski definition) is 4. The Morgan fingerprint density at radius 3 is 1.74 bits per heavy atom. The minimum Gasteiger partial charge on any atom is -0.480 e. The van der Waals surface area contributed by atoms with Crippen LogP contribution in [0.3, 0.4) is 0 Å². The molecule has 10 heteroatoms. The monoisotopic (exact) mass is 417 g/mol. The van der Waals surface area contributed by atoms with Gasteiger partial charge in [0.25, 0.3) is 0 Å². The Kier molecular flexibility index (Phi) is 8.27.